The minimum atomic E-state index is -0.384. The van der Waals surface area contributed by atoms with Crippen molar-refractivity contribution in [3.8, 4) is 0 Å². The third-order valence-electron chi connectivity index (χ3n) is 3.21. The van der Waals surface area contributed by atoms with E-state index in [0.29, 0.717) is 11.7 Å². The highest BCUT2D eigenvalue weighted by Crippen LogP contribution is 2.09. The number of piperazine rings is 1. The lowest BCUT2D eigenvalue weighted by molar-refractivity contribution is 0.0593. The van der Waals surface area contributed by atoms with Crippen LogP contribution in [-0.2, 0) is 11.3 Å². The van der Waals surface area contributed by atoms with Gasteiger partial charge < -0.3 is 10.1 Å². The molecule has 1 aromatic heterocycles. The maximum absolute atomic E-state index is 11.4. The third kappa shape index (κ3) is 3.05. The normalized spacial score (nSPS) is 20.7. The molecular formula is C13H19N3O2. The summed E-state index contributed by atoms with van der Waals surface area (Å²) in [6.45, 7) is 5.97. The zero-order valence-electron chi connectivity index (χ0n) is 10.8. The standard InChI is InChI=1S/C13H19N3O2/c1-10-8-14-6-7-16(10)9-11-4-3-5-12(15-11)13(17)18-2/h3-5,10,14H,6-9H2,1-2H3/t10-/m0/s1. The van der Waals surface area contributed by atoms with Gasteiger partial charge >= 0.3 is 5.97 Å². The Hall–Kier alpha value is -1.46. The zero-order chi connectivity index (χ0) is 13.0. The van der Waals surface area contributed by atoms with Gasteiger partial charge in [-0.25, -0.2) is 9.78 Å². The van der Waals surface area contributed by atoms with Crippen molar-refractivity contribution in [3.05, 3.63) is 29.6 Å². The van der Waals surface area contributed by atoms with Gasteiger partial charge in [0, 0.05) is 32.2 Å². The van der Waals surface area contributed by atoms with E-state index in [2.05, 4.69) is 26.9 Å². The third-order valence-corrected chi connectivity index (χ3v) is 3.21. The Bertz CT molecular complexity index is 422. The Labute approximate surface area is 107 Å². The molecule has 5 nitrogen and oxygen atoms in total. The second kappa shape index (κ2) is 5.93. The molecule has 98 valence electrons. The average molecular weight is 249 g/mol. The number of nitrogens with one attached hydrogen (secondary N) is 1. The number of hydrogen-bond acceptors (Lipinski definition) is 5. The van der Waals surface area contributed by atoms with Crippen LogP contribution in [0.25, 0.3) is 0 Å². The van der Waals surface area contributed by atoms with Crippen molar-refractivity contribution >= 4 is 5.97 Å². The number of aromatic nitrogens is 1. The van der Waals surface area contributed by atoms with Crippen molar-refractivity contribution in [1.82, 2.24) is 15.2 Å². The van der Waals surface area contributed by atoms with Crippen molar-refractivity contribution in [2.45, 2.75) is 19.5 Å². The Balaban J connectivity index is 2.06. The van der Waals surface area contributed by atoms with Crippen LogP contribution in [0.3, 0.4) is 0 Å². The van der Waals surface area contributed by atoms with Crippen LogP contribution in [0.1, 0.15) is 23.1 Å². The van der Waals surface area contributed by atoms with E-state index in [4.69, 9.17) is 0 Å². The highest BCUT2D eigenvalue weighted by atomic mass is 16.5. The van der Waals surface area contributed by atoms with Gasteiger partial charge in [0.25, 0.3) is 0 Å². The molecule has 1 aliphatic rings. The lowest BCUT2D eigenvalue weighted by atomic mass is 10.2. The number of pyridine rings is 1. The second-order valence-corrected chi connectivity index (χ2v) is 4.53. The van der Waals surface area contributed by atoms with E-state index in [-0.39, 0.29) is 5.97 Å². The Morgan fingerprint density at radius 1 is 1.61 bits per heavy atom. The fraction of sp³-hybridized carbons (Fsp3) is 0.538. The molecule has 1 saturated heterocycles. The summed E-state index contributed by atoms with van der Waals surface area (Å²) in [6, 6.07) is 5.96. The Morgan fingerprint density at radius 3 is 3.17 bits per heavy atom. The van der Waals surface area contributed by atoms with Gasteiger partial charge in [-0.3, -0.25) is 4.90 Å². The van der Waals surface area contributed by atoms with E-state index in [1.54, 1.807) is 6.07 Å². The molecule has 0 unspecified atom stereocenters. The van der Waals surface area contributed by atoms with E-state index in [9.17, 15) is 4.79 Å². The van der Waals surface area contributed by atoms with Crippen LogP contribution in [0.5, 0.6) is 0 Å². The molecule has 0 saturated carbocycles. The number of hydrogen-bond donors (Lipinski definition) is 1. The number of carbonyl (C=O) groups is 1. The van der Waals surface area contributed by atoms with Gasteiger partial charge in [0.1, 0.15) is 5.69 Å². The molecule has 0 spiro atoms. The molecule has 2 rings (SSSR count). The summed E-state index contributed by atoms with van der Waals surface area (Å²) in [5.41, 5.74) is 1.28. The van der Waals surface area contributed by atoms with Crippen LogP contribution in [-0.4, -0.2) is 48.6 Å². The first-order valence-electron chi connectivity index (χ1n) is 6.19. The molecule has 0 radical (unpaired) electrons. The molecule has 1 N–H and O–H groups in total. The van der Waals surface area contributed by atoms with Gasteiger partial charge in [0.05, 0.1) is 12.8 Å². The molecule has 0 amide bonds. The Kier molecular flexibility index (Phi) is 4.28. The van der Waals surface area contributed by atoms with Gasteiger partial charge in [-0.15, -0.1) is 0 Å². The fourth-order valence-electron chi connectivity index (χ4n) is 2.11. The minimum absolute atomic E-state index is 0.373. The van der Waals surface area contributed by atoms with Gasteiger partial charge in [-0.2, -0.15) is 0 Å². The Morgan fingerprint density at radius 2 is 2.44 bits per heavy atom. The first kappa shape index (κ1) is 13.0. The van der Waals surface area contributed by atoms with Crippen LogP contribution >= 0.6 is 0 Å². The zero-order valence-corrected chi connectivity index (χ0v) is 10.8. The van der Waals surface area contributed by atoms with Crippen LogP contribution in [0, 0.1) is 0 Å². The lowest BCUT2D eigenvalue weighted by Gasteiger charge is -2.33. The molecule has 1 fully saturated rings. The SMILES string of the molecule is COC(=O)c1cccc(CN2CCNC[C@@H]2C)n1. The summed E-state index contributed by atoms with van der Waals surface area (Å²) in [5.74, 6) is -0.384. The first-order chi connectivity index (χ1) is 8.70. The smallest absolute Gasteiger partial charge is 0.356 e. The first-order valence-corrected chi connectivity index (χ1v) is 6.19. The highest BCUT2D eigenvalue weighted by Gasteiger charge is 2.18. The minimum Gasteiger partial charge on any atom is -0.464 e. The average Bonchev–Trinajstić information content (AvgIpc) is 2.41. The lowest BCUT2D eigenvalue weighted by Crippen LogP contribution is -2.49. The summed E-state index contributed by atoms with van der Waals surface area (Å²) < 4.78 is 4.68. The largest absolute Gasteiger partial charge is 0.464 e. The van der Waals surface area contributed by atoms with Crippen LogP contribution < -0.4 is 5.32 Å². The molecule has 0 bridgehead atoms. The number of methoxy groups -OCH3 is 1. The molecule has 18 heavy (non-hydrogen) atoms. The van der Waals surface area contributed by atoms with Crippen molar-refractivity contribution < 1.29 is 9.53 Å². The molecule has 1 aliphatic heterocycles. The molecule has 0 aromatic carbocycles. The van der Waals surface area contributed by atoms with Gasteiger partial charge in [0.15, 0.2) is 0 Å². The van der Waals surface area contributed by atoms with E-state index in [0.717, 1.165) is 31.9 Å². The predicted octanol–water partition coefficient (Wildman–Crippen LogP) is 0.662. The van der Waals surface area contributed by atoms with Gasteiger partial charge in [0.2, 0.25) is 0 Å². The molecular weight excluding hydrogens is 230 g/mol. The van der Waals surface area contributed by atoms with Gasteiger partial charge in [-0.1, -0.05) is 6.07 Å². The van der Waals surface area contributed by atoms with Crippen LogP contribution in [0.15, 0.2) is 18.2 Å². The molecule has 0 aliphatic carbocycles. The summed E-state index contributed by atoms with van der Waals surface area (Å²) in [4.78, 5) is 18.1. The van der Waals surface area contributed by atoms with Crippen LogP contribution in [0.4, 0.5) is 0 Å². The summed E-state index contributed by atoms with van der Waals surface area (Å²) in [6.07, 6.45) is 0. The maximum atomic E-state index is 11.4. The van der Waals surface area contributed by atoms with Crippen molar-refractivity contribution in [2.75, 3.05) is 26.7 Å². The maximum Gasteiger partial charge on any atom is 0.356 e. The number of ether oxygens (including phenoxy) is 1. The second-order valence-electron chi connectivity index (χ2n) is 4.53. The van der Waals surface area contributed by atoms with E-state index < -0.39 is 0 Å². The molecule has 2 heterocycles. The fourth-order valence-corrected chi connectivity index (χ4v) is 2.11. The highest BCUT2D eigenvalue weighted by molar-refractivity contribution is 5.87. The summed E-state index contributed by atoms with van der Waals surface area (Å²) in [5, 5.41) is 3.35. The van der Waals surface area contributed by atoms with Gasteiger partial charge in [-0.05, 0) is 19.1 Å². The molecule has 1 aromatic rings. The number of nitrogens with zero attached hydrogens (tertiary/aromatic N) is 2. The van der Waals surface area contributed by atoms with Crippen molar-refractivity contribution in [3.63, 3.8) is 0 Å². The van der Waals surface area contributed by atoms with Crippen molar-refractivity contribution in [2.24, 2.45) is 0 Å². The van der Waals surface area contributed by atoms with E-state index >= 15 is 0 Å². The number of esters is 1. The quantitative estimate of drug-likeness (QED) is 0.798. The number of carbonyl (C=O) groups excluding carboxylic acids is 1. The summed E-state index contributed by atoms with van der Waals surface area (Å²) >= 11 is 0. The van der Waals surface area contributed by atoms with Crippen molar-refractivity contribution in [1.29, 1.82) is 0 Å². The monoisotopic (exact) mass is 249 g/mol. The van der Waals surface area contributed by atoms with E-state index in [1.807, 2.05) is 12.1 Å². The number of rotatable bonds is 3. The summed E-state index contributed by atoms with van der Waals surface area (Å²) in [7, 11) is 1.37. The predicted molar refractivity (Wildman–Crippen MR) is 68.3 cm³/mol. The topological polar surface area (TPSA) is 54.5 Å². The molecule has 1 atom stereocenters. The molecule has 5 heteroatoms. The van der Waals surface area contributed by atoms with Crippen LogP contribution in [0.2, 0.25) is 0 Å². The van der Waals surface area contributed by atoms with E-state index in [1.165, 1.54) is 7.11 Å².